The summed E-state index contributed by atoms with van der Waals surface area (Å²) < 4.78 is 0. The first-order chi connectivity index (χ1) is 16.3. The fraction of sp³-hybridized carbons (Fsp3) is 0.867. The second-order valence-electron chi connectivity index (χ2n) is 13.7. The first-order valence-corrected chi connectivity index (χ1v) is 14.0. The Kier molecular flexibility index (Phi) is 6.88. The number of carbonyl (C=O) groups is 2. The Labute approximate surface area is 211 Å². The molecule has 4 aliphatic carbocycles. The quantitative estimate of drug-likeness (QED) is 0.268. The van der Waals surface area contributed by atoms with Gasteiger partial charge in [0, 0.05) is 6.42 Å². The third-order valence-electron chi connectivity index (χ3n) is 12.3. The van der Waals surface area contributed by atoms with E-state index >= 15 is 0 Å². The molecule has 0 aliphatic heterocycles. The Morgan fingerprint density at radius 3 is 2.49 bits per heavy atom. The fourth-order valence-electron chi connectivity index (χ4n) is 10.4. The van der Waals surface area contributed by atoms with Crippen LogP contribution in [0, 0.1) is 45.3 Å². The molecule has 4 aliphatic rings. The lowest BCUT2D eigenvalue weighted by atomic mass is 9.43. The lowest BCUT2D eigenvalue weighted by molar-refractivity contribution is -0.159. The summed E-state index contributed by atoms with van der Waals surface area (Å²) in [4.78, 5) is 22.6. The highest BCUT2D eigenvalue weighted by atomic mass is 16.4. The van der Waals surface area contributed by atoms with Crippen molar-refractivity contribution >= 4 is 12.3 Å². The largest absolute Gasteiger partial charge is 0.481 e. The zero-order valence-electron chi connectivity index (χ0n) is 22.6. The maximum Gasteiger partial charge on any atom is 0.303 e. The average Bonchev–Trinajstić information content (AvgIpc) is 3.40. The van der Waals surface area contributed by atoms with Gasteiger partial charge in [-0.2, -0.15) is 0 Å². The van der Waals surface area contributed by atoms with Gasteiger partial charge in [0.2, 0.25) is 0 Å². The van der Waals surface area contributed by atoms with Crippen LogP contribution in [-0.4, -0.2) is 39.8 Å². The van der Waals surface area contributed by atoms with Crippen LogP contribution in [0.2, 0.25) is 0 Å². The number of aliphatic carboxylic acids is 1. The number of allylic oxidation sites excluding steroid dienone is 2. The van der Waals surface area contributed by atoms with Crippen LogP contribution in [-0.2, 0) is 9.59 Å². The Hall–Kier alpha value is -1.20. The Morgan fingerprint density at radius 1 is 1.14 bits per heavy atom. The molecule has 4 fully saturated rings. The van der Waals surface area contributed by atoms with E-state index in [0.29, 0.717) is 24.2 Å². The first-order valence-electron chi connectivity index (χ1n) is 14.0. The smallest absolute Gasteiger partial charge is 0.303 e. The topological polar surface area (TPSA) is 94.8 Å². The van der Waals surface area contributed by atoms with Crippen LogP contribution in [0.5, 0.6) is 0 Å². The number of carboxylic acid groups (broad SMARTS) is 1. The molecule has 0 saturated heterocycles. The van der Waals surface area contributed by atoms with Crippen molar-refractivity contribution < 1.29 is 24.9 Å². The summed E-state index contributed by atoms with van der Waals surface area (Å²) in [5.74, 6) is 1.04. The molecule has 0 aromatic carbocycles. The predicted molar refractivity (Wildman–Crippen MR) is 137 cm³/mol. The molecule has 3 N–H and O–H groups in total. The molecule has 0 aromatic rings. The number of fused-ring (bicyclic) bond motifs is 2. The first kappa shape index (κ1) is 26.9. The number of carbonyl (C=O) groups excluding carboxylic acids is 1. The number of aldehydes is 1. The molecule has 5 nitrogen and oxygen atoms in total. The van der Waals surface area contributed by atoms with Gasteiger partial charge in [0.25, 0.3) is 0 Å². The van der Waals surface area contributed by atoms with E-state index in [-0.39, 0.29) is 40.6 Å². The van der Waals surface area contributed by atoms with E-state index in [1.54, 1.807) is 6.92 Å². The minimum Gasteiger partial charge on any atom is -0.481 e. The molecule has 0 bridgehead atoms. The summed E-state index contributed by atoms with van der Waals surface area (Å²) in [6, 6.07) is 0. The molecular weight excluding hydrogens is 440 g/mol. The standard InChI is InChI=1S/C30H48O5/c1-20(17-31)7-6-8-21(2)22-11-13-27(4)23-9-10-24(28(5,35)19-32)29(14-12-25(33)34)18-30(23,29)16-15-26(22,27)3/h7,17,21-24,32,35H,6,8-16,18-19H2,1-5H3,(H,33,34)/t21-,22-,23+,24+,26-,27+,28+,29-,30+/m1/s1. The SMILES string of the molecule is CC(C=O)=CCC[C@@H](C)[C@H]1CC[C@@]2(C)[C@@H]3CC[C@@H]([C@@](C)(O)CO)[C@@]4(CCC(=O)O)C[C@@]34CC[C@]12C. The van der Waals surface area contributed by atoms with Crippen molar-refractivity contribution in [1.29, 1.82) is 0 Å². The van der Waals surface area contributed by atoms with Crippen LogP contribution >= 0.6 is 0 Å². The number of hydrogen-bond acceptors (Lipinski definition) is 4. The lowest BCUT2D eigenvalue weighted by Gasteiger charge is -2.61. The van der Waals surface area contributed by atoms with Crippen LogP contribution in [0.15, 0.2) is 11.6 Å². The molecule has 198 valence electrons. The van der Waals surface area contributed by atoms with E-state index < -0.39 is 11.6 Å². The van der Waals surface area contributed by atoms with E-state index in [9.17, 15) is 24.9 Å². The molecular formula is C30H48O5. The maximum absolute atomic E-state index is 11.6. The van der Waals surface area contributed by atoms with Crippen molar-refractivity contribution in [3.05, 3.63) is 11.6 Å². The molecule has 9 atom stereocenters. The van der Waals surface area contributed by atoms with Crippen molar-refractivity contribution in [1.82, 2.24) is 0 Å². The zero-order chi connectivity index (χ0) is 25.9. The summed E-state index contributed by atoms with van der Waals surface area (Å²) in [5.41, 5.74) is 0.0983. The monoisotopic (exact) mass is 488 g/mol. The number of rotatable bonds is 10. The summed E-state index contributed by atoms with van der Waals surface area (Å²) >= 11 is 0. The highest BCUT2D eigenvalue weighted by molar-refractivity contribution is 5.71. The Balaban J connectivity index is 1.60. The minimum atomic E-state index is -1.16. The Morgan fingerprint density at radius 2 is 1.86 bits per heavy atom. The van der Waals surface area contributed by atoms with E-state index in [4.69, 9.17) is 0 Å². The molecule has 0 heterocycles. The van der Waals surface area contributed by atoms with Gasteiger partial charge in [-0.1, -0.05) is 26.8 Å². The van der Waals surface area contributed by atoms with E-state index in [2.05, 4.69) is 26.8 Å². The number of aliphatic hydroxyl groups is 2. The van der Waals surface area contributed by atoms with Crippen LogP contribution in [0.4, 0.5) is 0 Å². The van der Waals surface area contributed by atoms with Gasteiger partial charge in [-0.15, -0.1) is 0 Å². The second-order valence-corrected chi connectivity index (χ2v) is 13.7. The third-order valence-corrected chi connectivity index (χ3v) is 12.3. The number of aliphatic hydroxyl groups excluding tert-OH is 1. The summed E-state index contributed by atoms with van der Waals surface area (Å²) in [6.07, 6.45) is 13.6. The van der Waals surface area contributed by atoms with Gasteiger partial charge in [-0.05, 0) is 129 Å². The normalized spacial score (nSPS) is 45.0. The molecule has 4 rings (SSSR count). The zero-order valence-corrected chi connectivity index (χ0v) is 22.6. The highest BCUT2D eigenvalue weighted by Crippen LogP contribution is 2.87. The van der Waals surface area contributed by atoms with Crippen LogP contribution in [0.25, 0.3) is 0 Å². The molecule has 4 saturated carbocycles. The van der Waals surface area contributed by atoms with E-state index in [0.717, 1.165) is 50.4 Å². The average molecular weight is 489 g/mol. The second kappa shape index (κ2) is 8.97. The minimum absolute atomic E-state index is 0.0347. The molecule has 0 aromatic heterocycles. The number of hydrogen-bond donors (Lipinski definition) is 3. The number of carboxylic acids is 1. The molecule has 35 heavy (non-hydrogen) atoms. The van der Waals surface area contributed by atoms with Gasteiger partial charge in [-0.3, -0.25) is 9.59 Å². The summed E-state index contributed by atoms with van der Waals surface area (Å²) in [6.45, 7) is 10.8. The van der Waals surface area contributed by atoms with Gasteiger partial charge >= 0.3 is 5.97 Å². The molecule has 0 amide bonds. The van der Waals surface area contributed by atoms with Crippen LogP contribution in [0.1, 0.15) is 105 Å². The summed E-state index contributed by atoms with van der Waals surface area (Å²) in [7, 11) is 0. The fourth-order valence-corrected chi connectivity index (χ4v) is 10.4. The lowest BCUT2D eigenvalue weighted by Crippen LogP contribution is -2.57. The third kappa shape index (κ3) is 3.86. The van der Waals surface area contributed by atoms with Crippen molar-refractivity contribution in [3.63, 3.8) is 0 Å². The van der Waals surface area contributed by atoms with Gasteiger partial charge in [-0.25, -0.2) is 0 Å². The predicted octanol–water partition coefficient (Wildman–Crippen LogP) is 5.78. The molecule has 0 unspecified atom stereocenters. The van der Waals surface area contributed by atoms with Crippen molar-refractivity contribution in [2.75, 3.05) is 6.61 Å². The van der Waals surface area contributed by atoms with Gasteiger partial charge in [0.05, 0.1) is 12.2 Å². The molecule has 0 radical (unpaired) electrons. The Bertz CT molecular complexity index is 878. The van der Waals surface area contributed by atoms with E-state index in [1.165, 1.54) is 19.3 Å². The van der Waals surface area contributed by atoms with Gasteiger partial charge in [0.1, 0.15) is 6.29 Å². The molecule has 1 spiro atoms. The summed E-state index contributed by atoms with van der Waals surface area (Å²) in [5, 5.41) is 30.8. The van der Waals surface area contributed by atoms with Gasteiger partial charge in [0.15, 0.2) is 0 Å². The van der Waals surface area contributed by atoms with Crippen LogP contribution < -0.4 is 0 Å². The highest BCUT2D eigenvalue weighted by Gasteiger charge is 2.81. The van der Waals surface area contributed by atoms with Gasteiger partial charge < -0.3 is 15.3 Å². The maximum atomic E-state index is 11.6. The van der Waals surface area contributed by atoms with Crippen molar-refractivity contribution in [3.8, 4) is 0 Å². The van der Waals surface area contributed by atoms with Crippen LogP contribution in [0.3, 0.4) is 0 Å². The molecule has 5 heteroatoms. The van der Waals surface area contributed by atoms with E-state index in [1.807, 2.05) is 6.92 Å². The van der Waals surface area contributed by atoms with Crippen molar-refractivity contribution in [2.45, 2.75) is 111 Å². The van der Waals surface area contributed by atoms with Crippen molar-refractivity contribution in [2.24, 2.45) is 45.3 Å².